The monoisotopic (exact) mass is 259 g/mol. The molecule has 0 spiro atoms. The number of hydrogen-bond acceptors (Lipinski definition) is 4. The van der Waals surface area contributed by atoms with Gasteiger partial charge in [-0.15, -0.1) is 0 Å². The first kappa shape index (κ1) is 13.3. The molecular formula is C14H14FN3O. The summed E-state index contributed by atoms with van der Waals surface area (Å²) in [5, 5.41) is 27.4. The lowest BCUT2D eigenvalue weighted by Gasteiger charge is -2.38. The number of para-hydroxylation sites is 1. The Hall–Kier alpha value is -2.11. The first-order valence-corrected chi connectivity index (χ1v) is 6.11. The zero-order valence-corrected chi connectivity index (χ0v) is 10.4. The largest absolute Gasteiger partial charge is 0.393 e. The molecule has 1 N–H and O–H groups in total. The van der Waals surface area contributed by atoms with Crippen LogP contribution in [0.15, 0.2) is 18.2 Å². The SMILES string of the molecule is N#Cc1cccc(C#N)c1N1CCCC(F)(CO)C1. The molecule has 1 aromatic rings. The summed E-state index contributed by atoms with van der Waals surface area (Å²) >= 11 is 0. The summed E-state index contributed by atoms with van der Waals surface area (Å²) in [6.07, 6.45) is 0.887. The van der Waals surface area contributed by atoms with Crippen molar-refractivity contribution in [2.45, 2.75) is 18.5 Å². The van der Waals surface area contributed by atoms with Crippen molar-refractivity contribution in [2.24, 2.45) is 0 Å². The summed E-state index contributed by atoms with van der Waals surface area (Å²) in [6, 6.07) is 8.94. The van der Waals surface area contributed by atoms with E-state index in [0.29, 0.717) is 36.2 Å². The molecule has 19 heavy (non-hydrogen) atoms. The van der Waals surface area contributed by atoms with Gasteiger partial charge in [-0.25, -0.2) is 4.39 Å². The van der Waals surface area contributed by atoms with Crippen LogP contribution in [-0.2, 0) is 0 Å². The van der Waals surface area contributed by atoms with Gasteiger partial charge in [-0.2, -0.15) is 10.5 Å². The van der Waals surface area contributed by atoms with Crippen LogP contribution in [0.1, 0.15) is 24.0 Å². The lowest BCUT2D eigenvalue weighted by atomic mass is 9.94. The Bertz CT molecular complexity index is 529. The normalized spacial score (nSPS) is 22.6. The van der Waals surface area contributed by atoms with Gasteiger partial charge in [0.25, 0.3) is 0 Å². The summed E-state index contributed by atoms with van der Waals surface area (Å²) in [6.45, 7) is 0.0516. The highest BCUT2D eigenvalue weighted by atomic mass is 19.1. The summed E-state index contributed by atoms with van der Waals surface area (Å²) < 4.78 is 14.3. The first-order chi connectivity index (χ1) is 9.13. The highest BCUT2D eigenvalue weighted by molar-refractivity contribution is 5.68. The molecule has 0 bridgehead atoms. The average molecular weight is 259 g/mol. The third kappa shape index (κ3) is 2.52. The number of nitriles is 2. The number of anilines is 1. The van der Waals surface area contributed by atoms with E-state index in [9.17, 15) is 4.39 Å². The molecule has 5 heteroatoms. The van der Waals surface area contributed by atoms with Gasteiger partial charge in [-0.05, 0) is 25.0 Å². The molecule has 98 valence electrons. The molecule has 0 amide bonds. The van der Waals surface area contributed by atoms with Crippen molar-refractivity contribution in [3.8, 4) is 12.1 Å². The molecule has 1 aliphatic heterocycles. The van der Waals surface area contributed by atoms with E-state index in [4.69, 9.17) is 15.6 Å². The highest BCUT2D eigenvalue weighted by Crippen LogP contribution is 2.32. The lowest BCUT2D eigenvalue weighted by molar-refractivity contribution is 0.0567. The quantitative estimate of drug-likeness (QED) is 0.878. The first-order valence-electron chi connectivity index (χ1n) is 6.11. The van der Waals surface area contributed by atoms with Crippen LogP contribution < -0.4 is 4.90 Å². The molecule has 4 nitrogen and oxygen atoms in total. The number of hydrogen-bond donors (Lipinski definition) is 1. The number of aliphatic hydroxyl groups is 1. The fourth-order valence-corrected chi connectivity index (χ4v) is 2.47. The van der Waals surface area contributed by atoms with Gasteiger partial charge in [0.05, 0.1) is 30.0 Å². The maximum absolute atomic E-state index is 14.3. The van der Waals surface area contributed by atoms with Crippen LogP contribution in [-0.4, -0.2) is 30.5 Å². The van der Waals surface area contributed by atoms with Crippen LogP contribution in [0.5, 0.6) is 0 Å². The lowest BCUT2D eigenvalue weighted by Crippen LogP contribution is -2.48. The summed E-state index contributed by atoms with van der Waals surface area (Å²) in [5.41, 5.74) is -0.460. The van der Waals surface area contributed by atoms with Crippen molar-refractivity contribution in [1.82, 2.24) is 0 Å². The van der Waals surface area contributed by atoms with Crippen molar-refractivity contribution in [2.75, 3.05) is 24.6 Å². The van der Waals surface area contributed by atoms with E-state index in [1.165, 1.54) is 0 Å². The molecule has 1 unspecified atom stereocenters. The minimum atomic E-state index is -1.66. The van der Waals surface area contributed by atoms with E-state index in [1.807, 2.05) is 12.1 Å². The predicted octanol–water partition coefficient (Wildman–Crippen LogP) is 1.73. The number of nitrogens with zero attached hydrogens (tertiary/aromatic N) is 3. The van der Waals surface area contributed by atoms with E-state index in [2.05, 4.69) is 0 Å². The molecule has 0 aromatic heterocycles. The van der Waals surface area contributed by atoms with Crippen LogP contribution >= 0.6 is 0 Å². The van der Waals surface area contributed by atoms with E-state index >= 15 is 0 Å². The maximum Gasteiger partial charge on any atom is 0.151 e. The molecule has 0 aliphatic carbocycles. The topological polar surface area (TPSA) is 71.0 Å². The standard InChI is InChI=1S/C14H14FN3O/c15-14(10-19)5-2-6-18(9-14)13-11(7-16)3-1-4-12(13)8-17/h1,3-4,19H,2,5-6,9-10H2. The van der Waals surface area contributed by atoms with Crippen molar-refractivity contribution in [3.05, 3.63) is 29.3 Å². The smallest absolute Gasteiger partial charge is 0.151 e. The number of aliphatic hydroxyl groups excluding tert-OH is 1. The minimum absolute atomic E-state index is 0.0108. The minimum Gasteiger partial charge on any atom is -0.393 e. The molecular weight excluding hydrogens is 245 g/mol. The second-order valence-corrected chi connectivity index (χ2v) is 4.76. The Morgan fingerprint density at radius 2 is 1.95 bits per heavy atom. The number of benzene rings is 1. The molecule has 1 saturated heterocycles. The van der Waals surface area contributed by atoms with Crippen LogP contribution in [0.3, 0.4) is 0 Å². The summed E-state index contributed by atoms with van der Waals surface area (Å²) in [7, 11) is 0. The van der Waals surface area contributed by atoms with Crippen LogP contribution in [0.2, 0.25) is 0 Å². The molecule has 0 saturated carbocycles. The van der Waals surface area contributed by atoms with Gasteiger partial charge >= 0.3 is 0 Å². The van der Waals surface area contributed by atoms with Gasteiger partial charge in [0, 0.05) is 6.54 Å². The molecule has 1 heterocycles. The maximum atomic E-state index is 14.3. The van der Waals surface area contributed by atoms with Crippen molar-refractivity contribution in [1.29, 1.82) is 10.5 Å². The van der Waals surface area contributed by atoms with Gasteiger partial charge in [-0.3, -0.25) is 0 Å². The third-order valence-corrected chi connectivity index (χ3v) is 3.40. The second-order valence-electron chi connectivity index (χ2n) is 4.76. The fraction of sp³-hybridized carbons (Fsp3) is 0.429. The Kier molecular flexibility index (Phi) is 3.69. The average Bonchev–Trinajstić information content (AvgIpc) is 2.46. The van der Waals surface area contributed by atoms with Crippen LogP contribution in [0, 0.1) is 22.7 Å². The van der Waals surface area contributed by atoms with E-state index in [-0.39, 0.29) is 6.54 Å². The molecule has 1 aromatic carbocycles. The van der Waals surface area contributed by atoms with Gasteiger partial charge in [0.15, 0.2) is 5.67 Å². The third-order valence-electron chi connectivity index (χ3n) is 3.40. The number of halogens is 1. The fourth-order valence-electron chi connectivity index (χ4n) is 2.47. The highest BCUT2D eigenvalue weighted by Gasteiger charge is 2.36. The Labute approximate surface area is 111 Å². The van der Waals surface area contributed by atoms with Gasteiger partial charge in [0.1, 0.15) is 12.1 Å². The van der Waals surface area contributed by atoms with Crippen LogP contribution in [0.4, 0.5) is 10.1 Å². The van der Waals surface area contributed by atoms with E-state index in [1.54, 1.807) is 23.1 Å². The number of alkyl halides is 1. The zero-order valence-electron chi connectivity index (χ0n) is 10.4. The molecule has 2 rings (SSSR count). The van der Waals surface area contributed by atoms with E-state index < -0.39 is 12.3 Å². The Morgan fingerprint density at radius 3 is 2.47 bits per heavy atom. The van der Waals surface area contributed by atoms with Gasteiger partial charge in [-0.1, -0.05) is 6.07 Å². The van der Waals surface area contributed by atoms with Crippen molar-refractivity contribution >= 4 is 5.69 Å². The number of piperidine rings is 1. The van der Waals surface area contributed by atoms with Gasteiger partial charge < -0.3 is 10.0 Å². The molecule has 0 radical (unpaired) electrons. The van der Waals surface area contributed by atoms with Crippen LogP contribution in [0.25, 0.3) is 0 Å². The zero-order chi connectivity index (χ0) is 13.9. The Morgan fingerprint density at radius 1 is 1.32 bits per heavy atom. The second kappa shape index (κ2) is 5.26. The van der Waals surface area contributed by atoms with Gasteiger partial charge in [0.2, 0.25) is 0 Å². The summed E-state index contributed by atoms with van der Waals surface area (Å²) in [5.74, 6) is 0. The van der Waals surface area contributed by atoms with Crippen molar-refractivity contribution < 1.29 is 9.50 Å². The summed E-state index contributed by atoms with van der Waals surface area (Å²) in [4.78, 5) is 1.69. The number of rotatable bonds is 2. The van der Waals surface area contributed by atoms with E-state index in [0.717, 1.165) is 0 Å². The molecule has 1 aliphatic rings. The van der Waals surface area contributed by atoms with Crippen molar-refractivity contribution in [3.63, 3.8) is 0 Å². The Balaban J connectivity index is 2.42. The molecule has 1 atom stereocenters. The predicted molar refractivity (Wildman–Crippen MR) is 68.2 cm³/mol. The molecule has 1 fully saturated rings.